The summed E-state index contributed by atoms with van der Waals surface area (Å²) in [5.41, 5.74) is 5.61. The van der Waals surface area contributed by atoms with Crippen LogP contribution in [0.25, 0.3) is 0 Å². The minimum atomic E-state index is -1.07. The molecule has 0 aromatic rings. The predicted molar refractivity (Wildman–Crippen MR) is 36.3 cm³/mol. The number of hydrogen-bond acceptors (Lipinski definition) is 5. The molecule has 0 spiro atoms. The Bertz CT molecular complexity index is 264. The number of nitrogens with one attached hydrogen (secondary N) is 2. The van der Waals surface area contributed by atoms with Crippen LogP contribution in [0.15, 0.2) is 11.8 Å². The van der Waals surface area contributed by atoms with Crippen molar-refractivity contribution in [3.63, 3.8) is 0 Å². The van der Waals surface area contributed by atoms with Gasteiger partial charge in [-0.3, -0.25) is 20.8 Å². The third kappa shape index (κ3) is 3.19. The van der Waals surface area contributed by atoms with Crippen LogP contribution in [0, 0.1) is 11.3 Å². The Morgan fingerprint density at radius 3 is 2.50 bits per heavy atom. The van der Waals surface area contributed by atoms with E-state index in [0.717, 1.165) is 6.20 Å². The lowest BCUT2D eigenvalue weighted by atomic mass is 10.3. The molecule has 0 aliphatic heterocycles. The van der Waals surface area contributed by atoms with Crippen LogP contribution < -0.4 is 16.5 Å². The normalized spacial score (nSPS) is 9.83. The summed E-state index contributed by atoms with van der Waals surface area (Å²) in [6.45, 7) is 0. The minimum absolute atomic E-state index is 0.462. The van der Waals surface area contributed by atoms with Crippen molar-refractivity contribution in [3.8, 4) is 6.07 Å². The van der Waals surface area contributed by atoms with Gasteiger partial charge in [-0.05, 0) is 0 Å². The molecule has 0 fully saturated rings. The topological polar surface area (TPSA) is 128 Å². The van der Waals surface area contributed by atoms with Gasteiger partial charge in [0, 0.05) is 6.20 Å². The molecule has 0 radical (unpaired) electrons. The number of urea groups is 1. The zero-order valence-electron chi connectivity index (χ0n) is 5.87. The van der Waals surface area contributed by atoms with Crippen molar-refractivity contribution in [2.75, 3.05) is 0 Å². The molecule has 0 heterocycles. The molecular weight excluding hydrogens is 164 g/mol. The number of nitriles is 1. The van der Waals surface area contributed by atoms with Gasteiger partial charge in [0.05, 0.1) is 0 Å². The van der Waals surface area contributed by atoms with E-state index >= 15 is 0 Å². The fourth-order valence-corrected chi connectivity index (χ4v) is 0.392. The third-order valence-electron chi connectivity index (χ3n) is 0.811. The van der Waals surface area contributed by atoms with Crippen molar-refractivity contribution in [2.24, 2.45) is 5.73 Å². The lowest BCUT2D eigenvalue weighted by Gasteiger charge is -1.96. The molecule has 0 atom stereocenters. The van der Waals surface area contributed by atoms with Gasteiger partial charge >= 0.3 is 6.03 Å². The van der Waals surface area contributed by atoms with Crippen LogP contribution >= 0.6 is 0 Å². The van der Waals surface area contributed by atoms with Crippen molar-refractivity contribution in [2.45, 2.75) is 0 Å². The molecule has 3 amide bonds. The number of nitrogens with zero attached hydrogens (tertiary/aromatic N) is 1. The average molecular weight is 170 g/mol. The minimum Gasteiger partial charge on any atom is -0.351 e. The molecule has 0 aliphatic carbocycles. The van der Waals surface area contributed by atoms with E-state index in [9.17, 15) is 9.59 Å². The van der Waals surface area contributed by atoms with Gasteiger partial charge < -0.3 is 5.73 Å². The molecule has 0 unspecified atom stereocenters. The Morgan fingerprint density at radius 2 is 2.17 bits per heavy atom. The SMILES string of the molecule is N#C/C(=C\NO)C(=O)NC(N)=O. The molecule has 0 rings (SSSR count). The molecule has 0 saturated carbocycles. The maximum atomic E-state index is 10.7. The van der Waals surface area contributed by atoms with E-state index in [1.165, 1.54) is 11.5 Å². The first-order valence-corrected chi connectivity index (χ1v) is 2.72. The molecule has 0 aromatic heterocycles. The number of hydrogen-bond donors (Lipinski definition) is 4. The van der Waals surface area contributed by atoms with Crippen LogP contribution in [0.1, 0.15) is 0 Å². The standard InChI is InChI=1S/C5H6N4O3/c6-1-3(2-8-12)4(10)9-5(7)11/h2,8,12H,(H3,7,9,10,11)/b3-2+. The van der Waals surface area contributed by atoms with Gasteiger partial charge in [0.25, 0.3) is 5.91 Å². The molecule has 0 aromatic carbocycles. The first kappa shape index (κ1) is 9.93. The highest BCUT2D eigenvalue weighted by Crippen LogP contribution is 1.88. The van der Waals surface area contributed by atoms with Gasteiger partial charge in [0.15, 0.2) is 0 Å². The van der Waals surface area contributed by atoms with Crippen molar-refractivity contribution in [1.29, 1.82) is 5.26 Å². The Kier molecular flexibility index (Phi) is 3.89. The Hall–Kier alpha value is -2.07. The lowest BCUT2D eigenvalue weighted by molar-refractivity contribution is -0.116. The lowest BCUT2D eigenvalue weighted by Crippen LogP contribution is -2.36. The molecule has 12 heavy (non-hydrogen) atoms. The van der Waals surface area contributed by atoms with Crippen molar-refractivity contribution < 1.29 is 14.8 Å². The number of nitrogens with two attached hydrogens (primary N) is 1. The van der Waals surface area contributed by atoms with E-state index in [1.807, 2.05) is 0 Å². The second-order valence-electron chi connectivity index (χ2n) is 1.62. The second-order valence-corrected chi connectivity index (χ2v) is 1.62. The van der Waals surface area contributed by atoms with Gasteiger partial charge in [0.1, 0.15) is 11.6 Å². The first-order chi connectivity index (χ1) is 5.61. The Balaban J connectivity index is 4.36. The first-order valence-electron chi connectivity index (χ1n) is 2.72. The van der Waals surface area contributed by atoms with Crippen LogP contribution in [0.2, 0.25) is 0 Å². The quantitative estimate of drug-likeness (QED) is 0.229. The number of carbonyl (C=O) groups is 2. The highest BCUT2D eigenvalue weighted by Gasteiger charge is 2.09. The molecular formula is C5H6N4O3. The highest BCUT2D eigenvalue weighted by atomic mass is 16.5. The van der Waals surface area contributed by atoms with Gasteiger partial charge in [-0.15, -0.1) is 0 Å². The van der Waals surface area contributed by atoms with Gasteiger partial charge in [-0.25, -0.2) is 4.79 Å². The summed E-state index contributed by atoms with van der Waals surface area (Å²) in [5, 5.41) is 18.0. The second kappa shape index (κ2) is 4.70. The van der Waals surface area contributed by atoms with E-state index in [1.54, 1.807) is 5.32 Å². The largest absolute Gasteiger partial charge is 0.351 e. The van der Waals surface area contributed by atoms with E-state index in [4.69, 9.17) is 10.5 Å². The summed E-state index contributed by atoms with van der Waals surface area (Å²) in [6, 6.07) is 0.357. The molecule has 0 saturated heterocycles. The van der Waals surface area contributed by atoms with E-state index < -0.39 is 17.5 Å². The molecule has 7 heteroatoms. The highest BCUT2D eigenvalue weighted by molar-refractivity contribution is 6.05. The summed E-state index contributed by atoms with van der Waals surface area (Å²) >= 11 is 0. The van der Waals surface area contributed by atoms with Crippen LogP contribution in [0.3, 0.4) is 0 Å². The molecule has 0 aliphatic rings. The number of amides is 3. The van der Waals surface area contributed by atoms with Gasteiger partial charge in [0.2, 0.25) is 0 Å². The third-order valence-corrected chi connectivity index (χ3v) is 0.811. The number of imide groups is 1. The van der Waals surface area contributed by atoms with Gasteiger partial charge in [-0.2, -0.15) is 5.26 Å². The van der Waals surface area contributed by atoms with Crippen molar-refractivity contribution in [3.05, 3.63) is 11.8 Å². The summed E-state index contributed by atoms with van der Waals surface area (Å²) in [4.78, 5) is 20.8. The van der Waals surface area contributed by atoms with Crippen LogP contribution in [-0.4, -0.2) is 17.1 Å². The van der Waals surface area contributed by atoms with Crippen LogP contribution in [-0.2, 0) is 4.79 Å². The Labute approximate surface area is 67.4 Å². The molecule has 7 nitrogen and oxygen atoms in total. The maximum absolute atomic E-state index is 10.7. The monoisotopic (exact) mass is 170 g/mol. The zero-order valence-corrected chi connectivity index (χ0v) is 5.87. The summed E-state index contributed by atoms with van der Waals surface area (Å²) < 4.78 is 0. The zero-order chi connectivity index (χ0) is 9.56. The fraction of sp³-hybridized carbons (Fsp3) is 0. The number of hydroxylamine groups is 1. The van der Waals surface area contributed by atoms with E-state index in [0.29, 0.717) is 0 Å². The van der Waals surface area contributed by atoms with Crippen LogP contribution in [0.4, 0.5) is 4.79 Å². The maximum Gasteiger partial charge on any atom is 0.319 e. The molecule has 64 valence electrons. The molecule has 0 bridgehead atoms. The van der Waals surface area contributed by atoms with E-state index in [2.05, 4.69) is 5.73 Å². The van der Waals surface area contributed by atoms with E-state index in [-0.39, 0.29) is 0 Å². The smallest absolute Gasteiger partial charge is 0.319 e. The fourth-order valence-electron chi connectivity index (χ4n) is 0.392. The van der Waals surface area contributed by atoms with Crippen LogP contribution in [0.5, 0.6) is 0 Å². The Morgan fingerprint density at radius 1 is 1.58 bits per heavy atom. The predicted octanol–water partition coefficient (Wildman–Crippen LogP) is -1.43. The van der Waals surface area contributed by atoms with Crippen molar-refractivity contribution in [1.82, 2.24) is 10.8 Å². The number of carbonyl (C=O) groups excluding carboxylic acids is 2. The summed E-state index contributed by atoms with van der Waals surface area (Å²) in [7, 11) is 0. The molecule has 5 N–H and O–H groups in total. The number of primary amides is 1. The summed E-state index contributed by atoms with van der Waals surface area (Å²) in [6.07, 6.45) is 0.721. The van der Waals surface area contributed by atoms with Crippen molar-refractivity contribution >= 4 is 11.9 Å². The average Bonchev–Trinajstić information content (AvgIpc) is 1.98. The van der Waals surface area contributed by atoms with Gasteiger partial charge in [-0.1, -0.05) is 0 Å². The number of rotatable bonds is 2. The summed E-state index contributed by atoms with van der Waals surface area (Å²) in [5.74, 6) is -0.980.